The molecule has 86 valence electrons. The minimum absolute atomic E-state index is 0.0833. The van der Waals surface area contributed by atoms with E-state index in [9.17, 15) is 4.79 Å². The molecule has 2 aliphatic rings. The van der Waals surface area contributed by atoms with Gasteiger partial charge in [0.05, 0.1) is 6.54 Å². The Labute approximate surface area is 97.8 Å². The first-order valence-electron chi connectivity index (χ1n) is 5.52. The highest BCUT2D eigenvalue weighted by atomic mass is 32.1. The lowest BCUT2D eigenvalue weighted by atomic mass is 10.2. The summed E-state index contributed by atoms with van der Waals surface area (Å²) in [5, 5.41) is 3.93. The smallest absolute Gasteiger partial charge is 0.239 e. The summed E-state index contributed by atoms with van der Waals surface area (Å²) >= 11 is 1.42. The predicted octanol–water partition coefficient (Wildman–Crippen LogP) is 0.539. The van der Waals surface area contributed by atoms with Crippen LogP contribution in [0, 0.1) is 0 Å². The molecule has 16 heavy (non-hydrogen) atoms. The molecule has 0 radical (unpaired) electrons. The van der Waals surface area contributed by atoms with Gasteiger partial charge in [-0.3, -0.25) is 4.79 Å². The molecule has 3 N–H and O–H groups in total. The van der Waals surface area contributed by atoms with Gasteiger partial charge in [-0.05, 0) is 30.3 Å². The quantitative estimate of drug-likeness (QED) is 0.789. The number of carbonyl (C=O) groups is 1. The van der Waals surface area contributed by atoms with Crippen LogP contribution >= 0.6 is 11.5 Å². The number of nitrogens with two attached hydrogens (primary N) is 1. The molecule has 0 aromatic carbocycles. The standard InChI is InChI=1S/C10H14N4OS/c11-9-8(6-1-2-6)10(16-13-9)14-4-3-12-7(15)5-14/h6H,1-5H2,(H2,11,13)(H,12,15). The molecule has 6 heteroatoms. The number of hydrogen-bond donors (Lipinski definition) is 2. The zero-order valence-corrected chi connectivity index (χ0v) is 9.72. The van der Waals surface area contributed by atoms with Crippen LogP contribution in [0.3, 0.4) is 0 Å². The number of rotatable bonds is 2. The number of piperazine rings is 1. The van der Waals surface area contributed by atoms with Crippen molar-refractivity contribution in [2.75, 3.05) is 30.3 Å². The molecule has 0 unspecified atom stereocenters. The maximum Gasteiger partial charge on any atom is 0.239 e. The zero-order chi connectivity index (χ0) is 11.1. The molecule has 0 spiro atoms. The SMILES string of the molecule is Nc1nsc(N2CCNC(=O)C2)c1C1CC1. The van der Waals surface area contributed by atoms with E-state index >= 15 is 0 Å². The number of nitrogen functional groups attached to an aromatic ring is 1. The topological polar surface area (TPSA) is 71.2 Å². The Morgan fingerprint density at radius 3 is 3.00 bits per heavy atom. The molecule has 1 aromatic heterocycles. The van der Waals surface area contributed by atoms with E-state index in [0.717, 1.165) is 11.5 Å². The molecule has 1 amide bonds. The Hall–Kier alpha value is -1.30. The molecule has 2 fully saturated rings. The van der Waals surface area contributed by atoms with E-state index in [-0.39, 0.29) is 5.91 Å². The molecule has 1 aliphatic carbocycles. The third-order valence-electron chi connectivity index (χ3n) is 3.05. The van der Waals surface area contributed by atoms with Gasteiger partial charge in [-0.2, -0.15) is 4.37 Å². The average Bonchev–Trinajstić information content (AvgIpc) is 3.02. The third kappa shape index (κ3) is 1.63. The largest absolute Gasteiger partial charge is 0.383 e. The van der Waals surface area contributed by atoms with Crippen LogP contribution in [-0.4, -0.2) is 29.9 Å². The van der Waals surface area contributed by atoms with E-state index in [1.807, 2.05) is 0 Å². The van der Waals surface area contributed by atoms with E-state index in [4.69, 9.17) is 5.73 Å². The second-order valence-corrected chi connectivity index (χ2v) is 5.08. The third-order valence-corrected chi connectivity index (χ3v) is 3.99. The first-order valence-corrected chi connectivity index (χ1v) is 6.29. The molecular weight excluding hydrogens is 224 g/mol. The van der Waals surface area contributed by atoms with Crippen LogP contribution < -0.4 is 16.0 Å². The van der Waals surface area contributed by atoms with E-state index in [2.05, 4.69) is 14.6 Å². The molecule has 1 saturated heterocycles. The molecule has 1 aromatic rings. The molecular formula is C10H14N4OS. The normalized spacial score (nSPS) is 21.0. The highest BCUT2D eigenvalue weighted by Crippen LogP contribution is 2.48. The number of amides is 1. The molecule has 0 atom stereocenters. The first kappa shape index (κ1) is 9.89. The molecule has 2 heterocycles. The van der Waals surface area contributed by atoms with Crippen LogP contribution in [0.4, 0.5) is 10.8 Å². The summed E-state index contributed by atoms with van der Waals surface area (Å²) in [7, 11) is 0. The maximum atomic E-state index is 11.4. The summed E-state index contributed by atoms with van der Waals surface area (Å²) in [6.45, 7) is 2.00. The Morgan fingerprint density at radius 1 is 1.50 bits per heavy atom. The fraction of sp³-hybridized carbons (Fsp3) is 0.600. The van der Waals surface area contributed by atoms with Crippen LogP contribution in [0.5, 0.6) is 0 Å². The van der Waals surface area contributed by atoms with Gasteiger partial charge in [-0.15, -0.1) is 0 Å². The second kappa shape index (κ2) is 3.62. The van der Waals surface area contributed by atoms with Crippen LogP contribution in [0.25, 0.3) is 0 Å². The van der Waals surface area contributed by atoms with Gasteiger partial charge in [0.2, 0.25) is 5.91 Å². The van der Waals surface area contributed by atoms with Crippen molar-refractivity contribution in [1.29, 1.82) is 0 Å². The summed E-state index contributed by atoms with van der Waals surface area (Å²) in [4.78, 5) is 13.4. The van der Waals surface area contributed by atoms with Crippen molar-refractivity contribution in [3.8, 4) is 0 Å². The number of nitrogens with zero attached hydrogens (tertiary/aromatic N) is 2. The van der Waals surface area contributed by atoms with Crippen molar-refractivity contribution in [2.45, 2.75) is 18.8 Å². The molecule has 1 aliphatic heterocycles. The number of anilines is 2. The minimum atomic E-state index is 0.0833. The summed E-state index contributed by atoms with van der Waals surface area (Å²) in [6.07, 6.45) is 2.41. The van der Waals surface area contributed by atoms with Gasteiger partial charge in [0.25, 0.3) is 0 Å². The van der Waals surface area contributed by atoms with E-state index < -0.39 is 0 Å². The summed E-state index contributed by atoms with van der Waals surface area (Å²) in [5.74, 6) is 1.33. The van der Waals surface area contributed by atoms with Gasteiger partial charge >= 0.3 is 0 Å². The van der Waals surface area contributed by atoms with Gasteiger partial charge < -0.3 is 16.0 Å². The Bertz CT molecular complexity index is 426. The van der Waals surface area contributed by atoms with E-state index in [0.29, 0.717) is 24.8 Å². The Balaban J connectivity index is 1.90. The van der Waals surface area contributed by atoms with Crippen molar-refractivity contribution < 1.29 is 4.79 Å². The lowest BCUT2D eigenvalue weighted by Crippen LogP contribution is -2.47. The number of hydrogen-bond acceptors (Lipinski definition) is 5. The fourth-order valence-corrected chi connectivity index (χ4v) is 3.02. The minimum Gasteiger partial charge on any atom is -0.383 e. The monoisotopic (exact) mass is 238 g/mol. The van der Waals surface area contributed by atoms with Gasteiger partial charge in [-0.1, -0.05) is 0 Å². The van der Waals surface area contributed by atoms with Crippen molar-refractivity contribution in [3.05, 3.63) is 5.56 Å². The zero-order valence-electron chi connectivity index (χ0n) is 8.90. The highest BCUT2D eigenvalue weighted by Gasteiger charge is 2.33. The van der Waals surface area contributed by atoms with Gasteiger partial charge in [0, 0.05) is 18.7 Å². The van der Waals surface area contributed by atoms with Crippen molar-refractivity contribution in [2.24, 2.45) is 0 Å². The molecule has 3 rings (SSSR count). The molecule has 1 saturated carbocycles. The fourth-order valence-electron chi connectivity index (χ4n) is 2.10. The number of carbonyl (C=O) groups excluding carboxylic acids is 1. The average molecular weight is 238 g/mol. The van der Waals surface area contributed by atoms with Crippen LogP contribution in [0.1, 0.15) is 24.3 Å². The van der Waals surface area contributed by atoms with E-state index in [1.165, 1.54) is 29.9 Å². The van der Waals surface area contributed by atoms with Crippen LogP contribution in [0.2, 0.25) is 0 Å². The number of nitrogens with one attached hydrogen (secondary N) is 1. The lowest BCUT2D eigenvalue weighted by molar-refractivity contribution is -0.120. The Morgan fingerprint density at radius 2 is 2.31 bits per heavy atom. The second-order valence-electron chi connectivity index (χ2n) is 4.33. The lowest BCUT2D eigenvalue weighted by Gasteiger charge is -2.27. The first-order chi connectivity index (χ1) is 7.75. The van der Waals surface area contributed by atoms with Gasteiger partial charge in [0.15, 0.2) is 0 Å². The van der Waals surface area contributed by atoms with Crippen LogP contribution in [0.15, 0.2) is 0 Å². The summed E-state index contributed by atoms with van der Waals surface area (Å²) in [5.41, 5.74) is 7.08. The van der Waals surface area contributed by atoms with Gasteiger partial charge in [-0.25, -0.2) is 0 Å². The van der Waals surface area contributed by atoms with Crippen molar-refractivity contribution in [1.82, 2.24) is 9.69 Å². The summed E-state index contributed by atoms with van der Waals surface area (Å²) in [6, 6.07) is 0. The highest BCUT2D eigenvalue weighted by molar-refractivity contribution is 7.10. The van der Waals surface area contributed by atoms with Crippen LogP contribution in [-0.2, 0) is 4.79 Å². The van der Waals surface area contributed by atoms with E-state index in [1.54, 1.807) is 0 Å². The van der Waals surface area contributed by atoms with Gasteiger partial charge in [0.1, 0.15) is 10.8 Å². The maximum absolute atomic E-state index is 11.4. The number of aromatic nitrogens is 1. The predicted molar refractivity (Wildman–Crippen MR) is 63.7 cm³/mol. The molecule has 0 bridgehead atoms. The molecule has 5 nitrogen and oxygen atoms in total. The Kier molecular flexibility index (Phi) is 2.24. The van der Waals surface area contributed by atoms with Crippen molar-refractivity contribution >= 4 is 28.3 Å². The summed E-state index contributed by atoms with van der Waals surface area (Å²) < 4.78 is 4.22. The van der Waals surface area contributed by atoms with Crippen molar-refractivity contribution in [3.63, 3.8) is 0 Å².